The minimum atomic E-state index is -1.67. The largest absolute Gasteiger partial charge is 0.340 e. The van der Waals surface area contributed by atoms with Crippen LogP contribution in [-0.4, -0.2) is 65.7 Å². The van der Waals surface area contributed by atoms with Gasteiger partial charge in [0.05, 0.1) is 19.2 Å². The van der Waals surface area contributed by atoms with Crippen LogP contribution in [0, 0.1) is 0 Å². The standard InChI is InChI=1S/C30H33N3O4Si/c1-38(2,3)22-32(19-24-14-8-5-9-15-24)27(34)20-31(18-23-12-6-4-7-13-23)28(35)21-33-29(36)25-16-10-11-17-26(25)30(33)37/h4-17H,18-22H2,1-3H3. The molecule has 0 atom stereocenters. The summed E-state index contributed by atoms with van der Waals surface area (Å²) < 4.78 is 0. The summed E-state index contributed by atoms with van der Waals surface area (Å²) in [6.07, 6.45) is 0.645. The Hall–Kier alpha value is -4.04. The van der Waals surface area contributed by atoms with Crippen LogP contribution in [0.15, 0.2) is 84.9 Å². The zero-order valence-corrected chi connectivity index (χ0v) is 23.1. The molecule has 4 amide bonds. The lowest BCUT2D eigenvalue weighted by Crippen LogP contribution is -2.49. The molecule has 3 aromatic rings. The van der Waals surface area contributed by atoms with Crippen molar-refractivity contribution >= 4 is 31.7 Å². The van der Waals surface area contributed by atoms with E-state index in [1.807, 2.05) is 65.6 Å². The number of rotatable bonds is 10. The molecule has 1 aliphatic rings. The minimum absolute atomic E-state index is 0.145. The maximum atomic E-state index is 13.7. The van der Waals surface area contributed by atoms with E-state index in [1.54, 1.807) is 24.3 Å². The molecule has 0 spiro atoms. The zero-order valence-electron chi connectivity index (χ0n) is 22.1. The Bertz CT molecular complexity index is 1290. The molecular weight excluding hydrogens is 494 g/mol. The first-order valence-electron chi connectivity index (χ1n) is 12.7. The van der Waals surface area contributed by atoms with Crippen LogP contribution in [0.2, 0.25) is 19.6 Å². The first kappa shape index (κ1) is 27.0. The summed E-state index contributed by atoms with van der Waals surface area (Å²) in [5.74, 6) is -1.60. The summed E-state index contributed by atoms with van der Waals surface area (Å²) in [5, 5.41) is 0. The summed E-state index contributed by atoms with van der Waals surface area (Å²) >= 11 is 0. The van der Waals surface area contributed by atoms with Crippen molar-refractivity contribution < 1.29 is 19.2 Å². The number of imide groups is 1. The highest BCUT2D eigenvalue weighted by molar-refractivity contribution is 6.76. The number of amides is 4. The fourth-order valence-corrected chi connectivity index (χ4v) is 5.96. The van der Waals surface area contributed by atoms with E-state index in [4.69, 9.17) is 0 Å². The Morgan fingerprint density at radius 1 is 0.658 bits per heavy atom. The van der Waals surface area contributed by atoms with Crippen LogP contribution in [0.5, 0.6) is 0 Å². The van der Waals surface area contributed by atoms with Crippen molar-refractivity contribution in [2.24, 2.45) is 0 Å². The number of nitrogens with zero attached hydrogens (tertiary/aromatic N) is 3. The zero-order chi connectivity index (χ0) is 27.3. The third kappa shape index (κ3) is 6.63. The molecule has 0 bridgehead atoms. The fourth-order valence-electron chi connectivity index (χ4n) is 4.53. The van der Waals surface area contributed by atoms with Crippen LogP contribution in [-0.2, 0) is 22.7 Å². The highest BCUT2D eigenvalue weighted by atomic mass is 28.3. The van der Waals surface area contributed by atoms with Gasteiger partial charge in [0.2, 0.25) is 11.8 Å². The van der Waals surface area contributed by atoms with Gasteiger partial charge in [-0.15, -0.1) is 0 Å². The van der Waals surface area contributed by atoms with Gasteiger partial charge in [0, 0.05) is 19.3 Å². The quantitative estimate of drug-likeness (QED) is 0.292. The van der Waals surface area contributed by atoms with Gasteiger partial charge < -0.3 is 9.80 Å². The van der Waals surface area contributed by atoms with E-state index in [2.05, 4.69) is 19.6 Å². The highest BCUT2D eigenvalue weighted by Gasteiger charge is 2.37. The van der Waals surface area contributed by atoms with Gasteiger partial charge in [-0.3, -0.25) is 24.1 Å². The molecule has 38 heavy (non-hydrogen) atoms. The first-order valence-corrected chi connectivity index (χ1v) is 16.4. The summed E-state index contributed by atoms with van der Waals surface area (Å²) in [5.41, 5.74) is 2.46. The third-order valence-electron chi connectivity index (χ3n) is 6.30. The van der Waals surface area contributed by atoms with Crippen molar-refractivity contribution in [2.75, 3.05) is 19.3 Å². The molecule has 3 aromatic carbocycles. The van der Waals surface area contributed by atoms with Gasteiger partial charge >= 0.3 is 0 Å². The molecule has 0 fully saturated rings. The average molecular weight is 528 g/mol. The predicted octanol–water partition coefficient (Wildman–Crippen LogP) is 4.22. The Kier molecular flexibility index (Phi) is 8.22. The van der Waals surface area contributed by atoms with E-state index in [0.717, 1.165) is 16.0 Å². The SMILES string of the molecule is C[Si](C)(C)CN(Cc1ccccc1)C(=O)CN(Cc1ccccc1)C(=O)CN1C(=O)c2ccccc2C1=O. The lowest BCUT2D eigenvalue weighted by molar-refractivity contribution is -0.141. The van der Waals surface area contributed by atoms with Gasteiger partial charge in [-0.25, -0.2) is 0 Å². The second-order valence-electron chi connectivity index (χ2n) is 10.8. The van der Waals surface area contributed by atoms with Crippen LogP contribution >= 0.6 is 0 Å². The van der Waals surface area contributed by atoms with Crippen molar-refractivity contribution in [3.05, 3.63) is 107 Å². The number of hydrogen-bond donors (Lipinski definition) is 0. The highest BCUT2D eigenvalue weighted by Crippen LogP contribution is 2.22. The van der Waals surface area contributed by atoms with Crippen molar-refractivity contribution in [3.63, 3.8) is 0 Å². The number of carbonyl (C=O) groups excluding carboxylic acids is 4. The second kappa shape index (κ2) is 11.6. The van der Waals surface area contributed by atoms with Gasteiger partial charge in [-0.05, 0) is 23.3 Å². The van der Waals surface area contributed by atoms with E-state index >= 15 is 0 Å². The average Bonchev–Trinajstić information content (AvgIpc) is 3.13. The topological polar surface area (TPSA) is 78.0 Å². The fraction of sp³-hybridized carbons (Fsp3) is 0.267. The molecule has 0 unspecified atom stereocenters. The summed E-state index contributed by atoms with van der Waals surface area (Å²) in [7, 11) is -1.67. The van der Waals surface area contributed by atoms with Gasteiger partial charge in [0.1, 0.15) is 13.1 Å². The van der Waals surface area contributed by atoms with Gasteiger partial charge in [0.15, 0.2) is 0 Å². The molecule has 1 heterocycles. The van der Waals surface area contributed by atoms with E-state index in [1.165, 1.54) is 4.90 Å². The summed E-state index contributed by atoms with van der Waals surface area (Å²) in [6.45, 7) is 6.69. The number of hydrogen-bond acceptors (Lipinski definition) is 4. The second-order valence-corrected chi connectivity index (χ2v) is 16.2. The lowest BCUT2D eigenvalue weighted by Gasteiger charge is -2.32. The molecule has 8 heteroatoms. The van der Waals surface area contributed by atoms with Crippen LogP contribution in [0.1, 0.15) is 31.8 Å². The van der Waals surface area contributed by atoms with Crippen LogP contribution in [0.25, 0.3) is 0 Å². The Morgan fingerprint density at radius 3 is 1.58 bits per heavy atom. The van der Waals surface area contributed by atoms with E-state index in [-0.39, 0.29) is 19.0 Å². The van der Waals surface area contributed by atoms with Crippen molar-refractivity contribution in [1.82, 2.24) is 14.7 Å². The van der Waals surface area contributed by atoms with E-state index in [9.17, 15) is 19.2 Å². The normalized spacial score (nSPS) is 12.9. The summed E-state index contributed by atoms with van der Waals surface area (Å²) in [6, 6.07) is 25.8. The van der Waals surface area contributed by atoms with Crippen LogP contribution in [0.3, 0.4) is 0 Å². The van der Waals surface area contributed by atoms with Gasteiger partial charge in [-0.1, -0.05) is 92.4 Å². The van der Waals surface area contributed by atoms with Crippen LogP contribution < -0.4 is 0 Å². The maximum absolute atomic E-state index is 13.7. The minimum Gasteiger partial charge on any atom is -0.340 e. The Labute approximate surface area is 224 Å². The molecule has 0 saturated carbocycles. The van der Waals surface area contributed by atoms with Crippen LogP contribution in [0.4, 0.5) is 0 Å². The molecule has 0 N–H and O–H groups in total. The lowest BCUT2D eigenvalue weighted by atomic mass is 10.1. The van der Waals surface area contributed by atoms with Gasteiger partial charge in [-0.2, -0.15) is 0 Å². The van der Waals surface area contributed by atoms with Crippen molar-refractivity contribution in [2.45, 2.75) is 32.7 Å². The molecule has 0 radical (unpaired) electrons. The first-order chi connectivity index (χ1) is 18.1. The Morgan fingerprint density at radius 2 is 1.11 bits per heavy atom. The summed E-state index contributed by atoms with van der Waals surface area (Å²) in [4.78, 5) is 57.2. The molecule has 7 nitrogen and oxygen atoms in total. The molecular formula is C30H33N3O4Si. The molecule has 0 saturated heterocycles. The maximum Gasteiger partial charge on any atom is 0.262 e. The smallest absolute Gasteiger partial charge is 0.262 e. The monoisotopic (exact) mass is 527 g/mol. The molecule has 0 aromatic heterocycles. The molecule has 4 rings (SSSR count). The number of fused-ring (bicyclic) bond motifs is 1. The predicted molar refractivity (Wildman–Crippen MR) is 149 cm³/mol. The van der Waals surface area contributed by atoms with E-state index < -0.39 is 32.3 Å². The number of benzene rings is 3. The molecule has 196 valence electrons. The third-order valence-corrected chi connectivity index (χ3v) is 7.63. The number of carbonyl (C=O) groups is 4. The van der Waals surface area contributed by atoms with Crippen molar-refractivity contribution in [3.8, 4) is 0 Å². The molecule has 0 aliphatic carbocycles. The van der Waals surface area contributed by atoms with Gasteiger partial charge in [0.25, 0.3) is 11.8 Å². The van der Waals surface area contributed by atoms with Crippen molar-refractivity contribution in [1.29, 1.82) is 0 Å². The van der Waals surface area contributed by atoms with E-state index in [0.29, 0.717) is 23.8 Å². The molecule has 1 aliphatic heterocycles. The Balaban J connectivity index is 1.55.